The van der Waals surface area contributed by atoms with Gasteiger partial charge < -0.3 is 15.3 Å². The van der Waals surface area contributed by atoms with Crippen LogP contribution in [0.2, 0.25) is 0 Å². The second kappa shape index (κ2) is 11.9. The summed E-state index contributed by atoms with van der Waals surface area (Å²) < 4.78 is 0. The number of amides is 2. The van der Waals surface area contributed by atoms with E-state index < -0.39 is 40.8 Å². The Labute approximate surface area is 208 Å². The van der Waals surface area contributed by atoms with Gasteiger partial charge in [-0.05, 0) is 29.4 Å². The van der Waals surface area contributed by atoms with Crippen molar-refractivity contribution in [2.24, 2.45) is 16.4 Å². The van der Waals surface area contributed by atoms with Gasteiger partial charge in [0.15, 0.2) is 0 Å². The van der Waals surface area contributed by atoms with Crippen molar-refractivity contribution in [2.45, 2.75) is 78.9 Å². The summed E-state index contributed by atoms with van der Waals surface area (Å²) >= 11 is 0. The molecule has 0 fully saturated rings. The third-order valence-electron chi connectivity index (χ3n) is 6.25. The third kappa shape index (κ3) is 7.59. The molecule has 0 aliphatic heterocycles. The van der Waals surface area contributed by atoms with Gasteiger partial charge in [0.05, 0.1) is 6.04 Å². The number of likely N-dealkylation sites (N-methyl/N-ethyl adjacent to an activating group) is 1. The fourth-order valence-electron chi connectivity index (χ4n) is 3.90. The van der Waals surface area contributed by atoms with E-state index in [0.717, 1.165) is 5.56 Å². The van der Waals surface area contributed by atoms with Crippen molar-refractivity contribution in [1.29, 1.82) is 0 Å². The van der Waals surface area contributed by atoms with Crippen LogP contribution in [0, 0.1) is 11.3 Å². The molecule has 0 saturated heterocycles. The zero-order valence-electron chi connectivity index (χ0n) is 22.2. The van der Waals surface area contributed by atoms with E-state index in [1.165, 1.54) is 11.8 Å². The molecule has 3 atom stereocenters. The molecule has 2 amide bonds. The summed E-state index contributed by atoms with van der Waals surface area (Å²) in [7, 11) is 1.60. The van der Waals surface area contributed by atoms with E-state index in [2.05, 4.69) is 15.3 Å². The minimum Gasteiger partial charge on any atom is -0.478 e. The van der Waals surface area contributed by atoms with Gasteiger partial charge in [0.2, 0.25) is 11.8 Å². The van der Waals surface area contributed by atoms with E-state index in [4.69, 9.17) is 0 Å². The van der Waals surface area contributed by atoms with Crippen molar-refractivity contribution in [3.63, 3.8) is 0 Å². The molecule has 2 N–H and O–H groups in total. The first-order valence-corrected chi connectivity index (χ1v) is 11.6. The number of azide groups is 1. The van der Waals surface area contributed by atoms with Gasteiger partial charge in [0.1, 0.15) is 12.1 Å². The van der Waals surface area contributed by atoms with Crippen LogP contribution in [0.5, 0.6) is 0 Å². The molecule has 0 spiro atoms. The lowest BCUT2D eigenvalue weighted by Gasteiger charge is -2.39. The van der Waals surface area contributed by atoms with Gasteiger partial charge in [-0.25, -0.2) is 4.79 Å². The molecule has 35 heavy (non-hydrogen) atoms. The van der Waals surface area contributed by atoms with E-state index in [0.29, 0.717) is 0 Å². The van der Waals surface area contributed by atoms with Crippen LogP contribution in [0.1, 0.15) is 61.0 Å². The smallest absolute Gasteiger partial charge is 0.331 e. The Balaban J connectivity index is 3.37. The highest BCUT2D eigenvalue weighted by Gasteiger charge is 2.41. The number of nitrogens with one attached hydrogen (secondary N) is 1. The molecule has 0 heterocycles. The summed E-state index contributed by atoms with van der Waals surface area (Å²) in [6.45, 7) is 14.4. The number of aliphatic carboxylic acids is 1. The lowest BCUT2D eigenvalue weighted by Crippen LogP contribution is -2.59. The van der Waals surface area contributed by atoms with E-state index in [9.17, 15) is 25.0 Å². The average molecular weight is 486 g/mol. The van der Waals surface area contributed by atoms with Gasteiger partial charge in [-0.2, -0.15) is 0 Å². The zero-order valence-corrected chi connectivity index (χ0v) is 22.2. The summed E-state index contributed by atoms with van der Waals surface area (Å²) in [4.78, 5) is 42.9. The number of hydrogen-bond acceptors (Lipinski definition) is 4. The predicted octanol–water partition coefficient (Wildman–Crippen LogP) is 4.69. The zero-order chi connectivity index (χ0) is 27.1. The third-order valence-corrected chi connectivity index (χ3v) is 6.25. The van der Waals surface area contributed by atoms with Crippen molar-refractivity contribution >= 4 is 17.8 Å². The highest BCUT2D eigenvalue weighted by atomic mass is 16.4. The number of nitrogens with zero attached hydrogens (tertiary/aromatic N) is 4. The quantitative estimate of drug-likeness (QED) is 0.215. The Hall–Kier alpha value is -3.32. The van der Waals surface area contributed by atoms with Gasteiger partial charge in [-0.3, -0.25) is 9.59 Å². The number of hydrogen-bond donors (Lipinski definition) is 2. The van der Waals surface area contributed by atoms with Crippen molar-refractivity contribution in [1.82, 2.24) is 10.2 Å². The first-order chi connectivity index (χ1) is 16.0. The molecule has 9 heteroatoms. The predicted molar refractivity (Wildman–Crippen MR) is 137 cm³/mol. The molecule has 1 aromatic rings. The second-order valence-electron chi connectivity index (χ2n) is 10.8. The number of carboxylic acid groups (broad SMARTS) is 1. The molecule has 1 aromatic carbocycles. The van der Waals surface area contributed by atoms with Gasteiger partial charge in [0, 0.05) is 22.9 Å². The van der Waals surface area contributed by atoms with Crippen LogP contribution in [0.25, 0.3) is 10.4 Å². The lowest BCUT2D eigenvalue weighted by molar-refractivity contribution is -0.140. The van der Waals surface area contributed by atoms with Gasteiger partial charge in [-0.1, -0.05) is 90.0 Å². The number of carbonyl (C=O) groups is 3. The van der Waals surface area contributed by atoms with Gasteiger partial charge >= 0.3 is 5.97 Å². The minimum absolute atomic E-state index is 0.0671. The Bertz CT molecular complexity index is 989. The summed E-state index contributed by atoms with van der Waals surface area (Å²) in [5.74, 6) is -2.05. The molecule has 0 saturated carbocycles. The highest BCUT2D eigenvalue weighted by Crippen LogP contribution is 2.31. The molecular weight excluding hydrogens is 446 g/mol. The fourth-order valence-corrected chi connectivity index (χ4v) is 3.90. The molecule has 192 valence electrons. The largest absolute Gasteiger partial charge is 0.478 e. The molecular formula is C26H39N5O4. The summed E-state index contributed by atoms with van der Waals surface area (Å²) in [5, 5.41) is 15.9. The molecule has 9 nitrogen and oxygen atoms in total. The minimum atomic E-state index is -1.10. The lowest BCUT2D eigenvalue weighted by atomic mass is 9.77. The Morgan fingerprint density at radius 1 is 1.11 bits per heavy atom. The Morgan fingerprint density at radius 2 is 1.66 bits per heavy atom. The molecule has 0 aliphatic carbocycles. The monoisotopic (exact) mass is 485 g/mol. The fraction of sp³-hybridized carbons (Fsp3) is 0.577. The van der Waals surface area contributed by atoms with Crippen LogP contribution in [-0.4, -0.2) is 53.0 Å². The summed E-state index contributed by atoms with van der Waals surface area (Å²) in [6.07, 6.45) is 1.55. The summed E-state index contributed by atoms with van der Waals surface area (Å²) in [6, 6.07) is 6.73. The van der Waals surface area contributed by atoms with E-state index in [1.807, 2.05) is 78.8 Å². The van der Waals surface area contributed by atoms with Crippen LogP contribution in [0.15, 0.2) is 47.1 Å². The van der Waals surface area contributed by atoms with E-state index >= 15 is 0 Å². The number of benzene rings is 1. The first kappa shape index (κ1) is 29.7. The Kier molecular flexibility index (Phi) is 10.1. The molecule has 1 rings (SSSR count). The van der Waals surface area contributed by atoms with Crippen molar-refractivity contribution < 1.29 is 19.5 Å². The van der Waals surface area contributed by atoms with Crippen LogP contribution >= 0.6 is 0 Å². The molecule has 0 bridgehead atoms. The van der Waals surface area contributed by atoms with E-state index in [-0.39, 0.29) is 17.4 Å². The number of carboxylic acids is 1. The molecule has 0 aromatic heterocycles. The van der Waals surface area contributed by atoms with Gasteiger partial charge in [-0.15, -0.1) is 0 Å². The van der Waals surface area contributed by atoms with Crippen molar-refractivity contribution in [2.75, 3.05) is 7.05 Å². The van der Waals surface area contributed by atoms with Crippen LogP contribution in [0.3, 0.4) is 0 Å². The van der Waals surface area contributed by atoms with Crippen molar-refractivity contribution in [3.05, 3.63) is 58.0 Å². The van der Waals surface area contributed by atoms with Gasteiger partial charge in [0.25, 0.3) is 0 Å². The van der Waals surface area contributed by atoms with Crippen LogP contribution in [-0.2, 0) is 19.8 Å². The maximum atomic E-state index is 13.7. The average Bonchev–Trinajstić information content (AvgIpc) is 2.77. The standard InChI is InChI=1S/C26H39N5O4/c1-16(2)19(15-17(3)24(34)35)31(9)23(33)21(25(4,5)6)28-22(32)20(29-30-27)26(7,8)18-13-11-10-12-14-18/h10-16,19-21H,1-9H3,(H,28,32)(H,34,35)/b17-15+/t19-,20-,21-/m1/s1. The highest BCUT2D eigenvalue weighted by molar-refractivity contribution is 5.91. The second-order valence-corrected chi connectivity index (χ2v) is 10.8. The van der Waals surface area contributed by atoms with Crippen LogP contribution < -0.4 is 5.32 Å². The Morgan fingerprint density at radius 3 is 2.09 bits per heavy atom. The summed E-state index contributed by atoms with van der Waals surface area (Å²) in [5.41, 5.74) is 8.64. The SMILES string of the molecule is C/C(=C\[C@H](C(C)C)N(C)C(=O)[C@@H](NC(=O)[C@@H](N=[N+]=[N-])C(C)(C)c1ccccc1)C(C)(C)C)C(=O)O. The molecule has 0 unspecified atom stereocenters. The normalized spacial score (nSPS) is 15.0. The maximum Gasteiger partial charge on any atom is 0.331 e. The van der Waals surface area contributed by atoms with Crippen molar-refractivity contribution in [3.8, 4) is 0 Å². The van der Waals surface area contributed by atoms with E-state index in [1.54, 1.807) is 13.1 Å². The maximum absolute atomic E-state index is 13.7. The number of rotatable bonds is 10. The van der Waals surface area contributed by atoms with Crippen LogP contribution in [0.4, 0.5) is 0 Å². The molecule has 0 aliphatic rings. The molecule has 0 radical (unpaired) electrons. The topological polar surface area (TPSA) is 135 Å². The number of carbonyl (C=O) groups excluding carboxylic acids is 2. The first-order valence-electron chi connectivity index (χ1n) is 11.6.